The van der Waals surface area contributed by atoms with Gasteiger partial charge in [-0.2, -0.15) is 5.26 Å². The molecule has 2 aromatic heterocycles. The van der Waals surface area contributed by atoms with Gasteiger partial charge < -0.3 is 14.7 Å². The Bertz CT molecular complexity index is 1130. The molecule has 5 rings (SSSR count). The molecule has 172 valence electrons. The minimum Gasteiger partial charge on any atom is -0.354 e. The molecule has 1 atom stereocenters. The number of amides is 1. The molecular formula is C25H31N7O. The molecule has 2 fully saturated rings. The molecule has 1 saturated carbocycles. The Morgan fingerprint density at radius 3 is 2.67 bits per heavy atom. The van der Waals surface area contributed by atoms with Crippen LogP contribution in [0.25, 0.3) is 0 Å². The quantitative estimate of drug-likeness (QED) is 0.715. The van der Waals surface area contributed by atoms with E-state index in [0.29, 0.717) is 5.56 Å². The van der Waals surface area contributed by atoms with Gasteiger partial charge in [0.1, 0.15) is 23.8 Å². The molecule has 3 aliphatic rings. The molecule has 0 radical (unpaired) electrons. The lowest BCUT2D eigenvalue weighted by Gasteiger charge is -2.40. The number of nitriles is 1. The molecule has 1 unspecified atom stereocenters. The highest BCUT2D eigenvalue weighted by Crippen LogP contribution is 2.56. The van der Waals surface area contributed by atoms with Crippen molar-refractivity contribution in [3.8, 4) is 6.07 Å². The fourth-order valence-electron chi connectivity index (χ4n) is 5.52. The smallest absolute Gasteiger partial charge is 0.228 e. The molecule has 4 heterocycles. The van der Waals surface area contributed by atoms with Crippen LogP contribution in [0.3, 0.4) is 0 Å². The van der Waals surface area contributed by atoms with Crippen molar-refractivity contribution >= 4 is 23.4 Å². The van der Waals surface area contributed by atoms with Gasteiger partial charge in [0.25, 0.3) is 0 Å². The zero-order chi connectivity index (χ0) is 23.4. The fraction of sp³-hybridized carbons (Fsp3) is 0.560. The number of hydrogen-bond acceptors (Lipinski definition) is 7. The van der Waals surface area contributed by atoms with Crippen molar-refractivity contribution in [1.29, 1.82) is 5.26 Å². The summed E-state index contributed by atoms with van der Waals surface area (Å²) < 4.78 is 0. The van der Waals surface area contributed by atoms with E-state index in [-0.39, 0.29) is 22.8 Å². The summed E-state index contributed by atoms with van der Waals surface area (Å²) in [5.74, 6) is 2.84. The number of rotatable bonds is 3. The molecule has 1 aliphatic carbocycles. The van der Waals surface area contributed by atoms with Gasteiger partial charge in [0, 0.05) is 49.3 Å². The molecule has 1 spiro atoms. The summed E-state index contributed by atoms with van der Waals surface area (Å²) in [6.07, 6.45) is 7.67. The first-order chi connectivity index (χ1) is 15.7. The third-order valence-electron chi connectivity index (χ3n) is 7.49. The molecule has 1 amide bonds. The van der Waals surface area contributed by atoms with E-state index in [1.807, 2.05) is 38.8 Å². The normalized spacial score (nSPS) is 21.0. The van der Waals surface area contributed by atoms with Crippen LogP contribution >= 0.6 is 0 Å². The topological polar surface area (TPSA) is 89.3 Å². The van der Waals surface area contributed by atoms with Crippen molar-refractivity contribution < 1.29 is 4.79 Å². The Kier molecular flexibility index (Phi) is 5.04. The Hall–Kier alpha value is -3.21. The van der Waals surface area contributed by atoms with Crippen LogP contribution in [-0.4, -0.2) is 58.5 Å². The van der Waals surface area contributed by atoms with E-state index in [4.69, 9.17) is 9.97 Å². The predicted octanol–water partition coefficient (Wildman–Crippen LogP) is 3.40. The van der Waals surface area contributed by atoms with Gasteiger partial charge in [0.2, 0.25) is 5.91 Å². The molecule has 2 aromatic rings. The standard InChI is InChI=1S/C25H31N7O/c1-24(2,3)23(33)30(4)18-7-11-31(14-18)21-20-22(29-16-28-21)32(15-25(20)8-5-9-25)19-12-17(13-26)6-10-27-19/h6,10,12,16,18H,5,7-9,11,14-15H2,1-4H3. The highest BCUT2D eigenvalue weighted by Gasteiger charge is 2.51. The zero-order valence-corrected chi connectivity index (χ0v) is 19.9. The highest BCUT2D eigenvalue weighted by molar-refractivity contribution is 5.82. The van der Waals surface area contributed by atoms with E-state index in [0.717, 1.165) is 56.4 Å². The van der Waals surface area contributed by atoms with E-state index >= 15 is 0 Å². The average Bonchev–Trinajstić information content (AvgIpc) is 3.41. The number of pyridine rings is 1. The highest BCUT2D eigenvalue weighted by atomic mass is 16.2. The van der Waals surface area contributed by atoms with Crippen molar-refractivity contribution in [2.45, 2.75) is 57.9 Å². The number of anilines is 3. The lowest BCUT2D eigenvalue weighted by atomic mass is 9.66. The molecular weight excluding hydrogens is 414 g/mol. The summed E-state index contributed by atoms with van der Waals surface area (Å²) in [5.41, 5.74) is 1.45. The Balaban J connectivity index is 1.48. The third kappa shape index (κ3) is 3.50. The van der Waals surface area contributed by atoms with Gasteiger partial charge in [-0.25, -0.2) is 15.0 Å². The summed E-state index contributed by atoms with van der Waals surface area (Å²) >= 11 is 0. The summed E-state index contributed by atoms with van der Waals surface area (Å²) in [6.45, 7) is 8.38. The van der Waals surface area contributed by atoms with Crippen molar-refractivity contribution in [3.63, 3.8) is 0 Å². The number of fused-ring (bicyclic) bond motifs is 2. The van der Waals surface area contributed by atoms with E-state index in [2.05, 4.69) is 20.9 Å². The number of carbonyl (C=O) groups is 1. The van der Waals surface area contributed by atoms with Gasteiger partial charge in [0.15, 0.2) is 0 Å². The first kappa shape index (κ1) is 21.6. The molecule has 8 heteroatoms. The van der Waals surface area contributed by atoms with Crippen molar-refractivity contribution in [2.24, 2.45) is 5.41 Å². The van der Waals surface area contributed by atoms with Crippen molar-refractivity contribution in [2.75, 3.05) is 36.5 Å². The first-order valence-electron chi connectivity index (χ1n) is 11.7. The molecule has 2 aliphatic heterocycles. The molecule has 1 saturated heterocycles. The van der Waals surface area contributed by atoms with Crippen LogP contribution in [-0.2, 0) is 10.2 Å². The van der Waals surface area contributed by atoms with E-state index in [9.17, 15) is 10.1 Å². The minimum absolute atomic E-state index is 0.0292. The molecule has 33 heavy (non-hydrogen) atoms. The van der Waals surface area contributed by atoms with Crippen LogP contribution in [0.15, 0.2) is 24.7 Å². The van der Waals surface area contributed by atoms with Gasteiger partial charge in [-0.15, -0.1) is 0 Å². The van der Waals surface area contributed by atoms with Crippen LogP contribution in [0.2, 0.25) is 0 Å². The summed E-state index contributed by atoms with van der Waals surface area (Å²) in [7, 11) is 1.93. The Morgan fingerprint density at radius 2 is 2.00 bits per heavy atom. The maximum absolute atomic E-state index is 12.8. The van der Waals surface area contributed by atoms with E-state index in [1.54, 1.807) is 18.6 Å². The third-order valence-corrected chi connectivity index (χ3v) is 7.49. The monoisotopic (exact) mass is 445 g/mol. The lowest BCUT2D eigenvalue weighted by Crippen LogP contribution is -2.44. The van der Waals surface area contributed by atoms with E-state index < -0.39 is 0 Å². The minimum atomic E-state index is -0.389. The van der Waals surface area contributed by atoms with Crippen molar-refractivity contribution in [3.05, 3.63) is 35.8 Å². The second-order valence-electron chi connectivity index (χ2n) is 10.7. The number of nitrogens with zero attached hydrogens (tertiary/aromatic N) is 7. The Labute approximate surface area is 195 Å². The van der Waals surface area contributed by atoms with Gasteiger partial charge in [-0.05, 0) is 31.4 Å². The Morgan fingerprint density at radius 1 is 1.24 bits per heavy atom. The van der Waals surface area contributed by atoms with Crippen LogP contribution < -0.4 is 9.80 Å². The van der Waals surface area contributed by atoms with Gasteiger partial charge in [-0.1, -0.05) is 27.2 Å². The maximum atomic E-state index is 12.8. The van der Waals surface area contributed by atoms with Crippen LogP contribution in [0.5, 0.6) is 0 Å². The second-order valence-corrected chi connectivity index (χ2v) is 10.7. The molecule has 0 N–H and O–H groups in total. The molecule has 0 aromatic carbocycles. The SMILES string of the molecule is CN(C(=O)C(C)(C)C)C1CCN(c2ncnc3c2C2(CCC2)CN3c2cc(C#N)ccn2)C1. The number of aromatic nitrogens is 3. The second kappa shape index (κ2) is 7.68. The summed E-state index contributed by atoms with van der Waals surface area (Å²) in [5, 5.41) is 9.35. The van der Waals surface area contributed by atoms with Crippen LogP contribution in [0, 0.1) is 16.7 Å². The largest absolute Gasteiger partial charge is 0.354 e. The number of hydrogen-bond donors (Lipinski definition) is 0. The van der Waals surface area contributed by atoms with Gasteiger partial charge in [0.05, 0.1) is 17.7 Å². The average molecular weight is 446 g/mol. The number of carbonyl (C=O) groups excluding carboxylic acids is 1. The summed E-state index contributed by atoms with van der Waals surface area (Å²) in [4.78, 5) is 33.3. The first-order valence-corrected chi connectivity index (χ1v) is 11.7. The fourth-order valence-corrected chi connectivity index (χ4v) is 5.52. The molecule has 8 nitrogen and oxygen atoms in total. The molecule has 0 bridgehead atoms. The summed E-state index contributed by atoms with van der Waals surface area (Å²) in [6, 6.07) is 5.95. The van der Waals surface area contributed by atoms with Crippen molar-refractivity contribution in [1.82, 2.24) is 19.9 Å². The van der Waals surface area contributed by atoms with Crippen LogP contribution in [0.1, 0.15) is 57.6 Å². The lowest BCUT2D eigenvalue weighted by molar-refractivity contribution is -0.139. The number of likely N-dealkylation sites (N-methyl/N-ethyl adjacent to an activating group) is 1. The maximum Gasteiger partial charge on any atom is 0.228 e. The zero-order valence-electron chi connectivity index (χ0n) is 19.9. The predicted molar refractivity (Wildman–Crippen MR) is 126 cm³/mol. The van der Waals surface area contributed by atoms with Gasteiger partial charge >= 0.3 is 0 Å². The van der Waals surface area contributed by atoms with Crippen LogP contribution in [0.4, 0.5) is 17.5 Å². The van der Waals surface area contributed by atoms with Gasteiger partial charge in [-0.3, -0.25) is 4.79 Å². The van der Waals surface area contributed by atoms with E-state index in [1.165, 1.54) is 12.0 Å².